The average Bonchev–Trinajstić information content (AvgIpc) is 3.16. The molecule has 0 bridgehead atoms. The summed E-state index contributed by atoms with van der Waals surface area (Å²) in [6, 6.07) is 7.17. The third-order valence-electron chi connectivity index (χ3n) is 6.10. The van der Waals surface area contributed by atoms with E-state index in [9.17, 15) is 22.8 Å². The first kappa shape index (κ1) is 22.3. The molecule has 6 nitrogen and oxygen atoms in total. The number of rotatable bonds is 4. The van der Waals surface area contributed by atoms with Gasteiger partial charge in [-0.1, -0.05) is 18.6 Å². The third kappa shape index (κ3) is 4.34. The standard InChI is InChI=1S/C23H24F3N3O3/c24-23(25,26)18-7-3-2-6-17(18)21(31)29-19(15-32-22(29)10-4-1-5-11-22)20(30)28-14-16-8-12-27-13-9-16/h2-3,6-9,12-13,19H,1,4-5,10-11,14-15H2,(H,28,30). The maximum atomic E-state index is 13.6. The molecule has 0 radical (unpaired) electrons. The van der Waals surface area contributed by atoms with Crippen LogP contribution < -0.4 is 5.32 Å². The third-order valence-corrected chi connectivity index (χ3v) is 6.10. The lowest BCUT2D eigenvalue weighted by atomic mass is 9.89. The predicted octanol–water partition coefficient (Wildman–Crippen LogP) is 3.92. The number of aromatic nitrogens is 1. The van der Waals surface area contributed by atoms with E-state index in [4.69, 9.17) is 4.74 Å². The summed E-state index contributed by atoms with van der Waals surface area (Å²) in [4.78, 5) is 31.8. The second kappa shape index (κ2) is 8.90. The van der Waals surface area contributed by atoms with Gasteiger partial charge in [0.25, 0.3) is 5.91 Å². The molecule has 2 heterocycles. The Hall–Kier alpha value is -2.94. The minimum atomic E-state index is -4.69. The van der Waals surface area contributed by atoms with Crippen molar-refractivity contribution in [3.8, 4) is 0 Å². The minimum Gasteiger partial charge on any atom is -0.353 e. The molecule has 1 aromatic carbocycles. The van der Waals surface area contributed by atoms with Gasteiger partial charge in [0.1, 0.15) is 11.8 Å². The number of amides is 2. The Labute approximate surface area is 183 Å². The molecule has 1 saturated heterocycles. The highest BCUT2D eigenvalue weighted by Crippen LogP contribution is 2.42. The number of carbonyl (C=O) groups excluding carboxylic acids is 2. The van der Waals surface area contributed by atoms with Gasteiger partial charge < -0.3 is 10.1 Å². The number of ether oxygens (including phenoxy) is 1. The van der Waals surface area contributed by atoms with E-state index in [0.29, 0.717) is 12.8 Å². The Morgan fingerprint density at radius 2 is 1.78 bits per heavy atom. The molecule has 32 heavy (non-hydrogen) atoms. The van der Waals surface area contributed by atoms with Crippen molar-refractivity contribution >= 4 is 11.8 Å². The molecule has 170 valence electrons. The molecule has 1 aliphatic carbocycles. The van der Waals surface area contributed by atoms with E-state index >= 15 is 0 Å². The zero-order valence-electron chi connectivity index (χ0n) is 17.4. The second-order valence-electron chi connectivity index (χ2n) is 8.13. The average molecular weight is 447 g/mol. The molecule has 2 aromatic rings. The van der Waals surface area contributed by atoms with Gasteiger partial charge in [-0.25, -0.2) is 0 Å². The zero-order valence-corrected chi connectivity index (χ0v) is 17.4. The molecular formula is C23H24F3N3O3. The number of alkyl halides is 3. The summed E-state index contributed by atoms with van der Waals surface area (Å²) in [5.41, 5.74) is -1.73. The highest BCUT2D eigenvalue weighted by Gasteiger charge is 2.53. The summed E-state index contributed by atoms with van der Waals surface area (Å²) < 4.78 is 46.8. The van der Waals surface area contributed by atoms with Crippen LogP contribution in [0.5, 0.6) is 0 Å². The molecule has 1 saturated carbocycles. The van der Waals surface area contributed by atoms with Gasteiger partial charge in [0.2, 0.25) is 5.91 Å². The lowest BCUT2D eigenvalue weighted by molar-refractivity contribution is -0.138. The van der Waals surface area contributed by atoms with Crippen molar-refractivity contribution in [2.24, 2.45) is 0 Å². The van der Waals surface area contributed by atoms with Gasteiger partial charge in [0.05, 0.1) is 17.7 Å². The number of halogens is 3. The lowest BCUT2D eigenvalue weighted by Crippen LogP contribution is -2.56. The monoisotopic (exact) mass is 447 g/mol. The molecule has 1 spiro atoms. The zero-order chi connectivity index (χ0) is 22.8. The first-order chi connectivity index (χ1) is 15.3. The van der Waals surface area contributed by atoms with E-state index in [1.165, 1.54) is 17.0 Å². The van der Waals surface area contributed by atoms with Crippen LogP contribution in [0.1, 0.15) is 53.6 Å². The van der Waals surface area contributed by atoms with Crippen molar-refractivity contribution in [3.63, 3.8) is 0 Å². The molecule has 1 aromatic heterocycles. The lowest BCUT2D eigenvalue weighted by Gasteiger charge is -2.41. The summed E-state index contributed by atoms with van der Waals surface area (Å²) >= 11 is 0. The SMILES string of the molecule is O=C(NCc1ccncc1)C1COC2(CCCCC2)N1C(=O)c1ccccc1C(F)(F)F. The van der Waals surface area contributed by atoms with Crippen LogP contribution >= 0.6 is 0 Å². The summed E-state index contributed by atoms with van der Waals surface area (Å²) in [6.45, 7) is 0.161. The fourth-order valence-corrected chi connectivity index (χ4v) is 4.53. The van der Waals surface area contributed by atoms with Gasteiger partial charge in [0, 0.05) is 18.9 Å². The molecule has 2 fully saturated rings. The van der Waals surface area contributed by atoms with Gasteiger partial charge in [0.15, 0.2) is 0 Å². The highest BCUT2D eigenvalue weighted by atomic mass is 19.4. The first-order valence-electron chi connectivity index (χ1n) is 10.6. The van der Waals surface area contributed by atoms with Crippen LogP contribution in [-0.2, 0) is 22.3 Å². The molecule has 4 rings (SSSR count). The Kier molecular flexibility index (Phi) is 6.19. The smallest absolute Gasteiger partial charge is 0.353 e. The summed E-state index contributed by atoms with van der Waals surface area (Å²) in [7, 11) is 0. The second-order valence-corrected chi connectivity index (χ2v) is 8.13. The van der Waals surface area contributed by atoms with Crippen molar-refractivity contribution in [2.75, 3.05) is 6.61 Å². The van der Waals surface area contributed by atoms with Crippen LogP contribution in [-0.4, -0.2) is 40.1 Å². The Morgan fingerprint density at radius 1 is 1.09 bits per heavy atom. The van der Waals surface area contributed by atoms with E-state index < -0.39 is 40.9 Å². The number of benzene rings is 1. The summed E-state index contributed by atoms with van der Waals surface area (Å²) in [5, 5.41) is 2.78. The van der Waals surface area contributed by atoms with Crippen LogP contribution in [0.4, 0.5) is 13.2 Å². The van der Waals surface area contributed by atoms with Gasteiger partial charge in [-0.3, -0.25) is 19.5 Å². The minimum absolute atomic E-state index is 0.0535. The molecule has 2 aliphatic rings. The summed E-state index contributed by atoms with van der Waals surface area (Å²) in [5.74, 6) is -1.29. The van der Waals surface area contributed by atoms with Crippen molar-refractivity contribution in [3.05, 3.63) is 65.5 Å². The molecular weight excluding hydrogens is 423 g/mol. The quantitative estimate of drug-likeness (QED) is 0.771. The van der Waals surface area contributed by atoms with Crippen LogP contribution in [0, 0.1) is 0 Å². The molecule has 1 unspecified atom stereocenters. The van der Waals surface area contributed by atoms with Gasteiger partial charge in [-0.15, -0.1) is 0 Å². The highest BCUT2D eigenvalue weighted by molar-refractivity contribution is 5.99. The number of hydrogen-bond acceptors (Lipinski definition) is 4. The van der Waals surface area contributed by atoms with Gasteiger partial charge >= 0.3 is 6.18 Å². The van der Waals surface area contributed by atoms with Crippen molar-refractivity contribution < 1.29 is 27.5 Å². The van der Waals surface area contributed by atoms with Crippen LogP contribution in [0.25, 0.3) is 0 Å². The maximum Gasteiger partial charge on any atom is 0.417 e. The number of pyridine rings is 1. The fourth-order valence-electron chi connectivity index (χ4n) is 4.53. The first-order valence-corrected chi connectivity index (χ1v) is 10.6. The predicted molar refractivity (Wildman–Crippen MR) is 109 cm³/mol. The maximum absolute atomic E-state index is 13.6. The topological polar surface area (TPSA) is 71.5 Å². The van der Waals surface area contributed by atoms with Crippen LogP contribution in [0.15, 0.2) is 48.8 Å². The number of hydrogen-bond donors (Lipinski definition) is 1. The van der Waals surface area contributed by atoms with E-state index in [1.54, 1.807) is 24.5 Å². The van der Waals surface area contributed by atoms with Crippen molar-refractivity contribution in [1.29, 1.82) is 0 Å². The number of carbonyl (C=O) groups is 2. The Balaban J connectivity index is 1.64. The van der Waals surface area contributed by atoms with Crippen molar-refractivity contribution in [1.82, 2.24) is 15.2 Å². The molecule has 1 N–H and O–H groups in total. The largest absolute Gasteiger partial charge is 0.417 e. The van der Waals surface area contributed by atoms with E-state index in [1.807, 2.05) is 0 Å². The number of nitrogens with one attached hydrogen (secondary N) is 1. The van der Waals surface area contributed by atoms with E-state index in [0.717, 1.165) is 37.0 Å². The van der Waals surface area contributed by atoms with Gasteiger partial charge in [-0.2, -0.15) is 13.2 Å². The van der Waals surface area contributed by atoms with Crippen molar-refractivity contribution in [2.45, 2.75) is 56.6 Å². The molecule has 9 heteroatoms. The Morgan fingerprint density at radius 3 is 2.47 bits per heavy atom. The Bertz CT molecular complexity index is 975. The molecule has 1 atom stereocenters. The van der Waals surface area contributed by atoms with Crippen LogP contribution in [0.3, 0.4) is 0 Å². The van der Waals surface area contributed by atoms with Gasteiger partial charge in [-0.05, 0) is 55.5 Å². The molecule has 2 amide bonds. The summed E-state index contributed by atoms with van der Waals surface area (Å²) in [6.07, 6.45) is 1.98. The van der Waals surface area contributed by atoms with E-state index in [-0.39, 0.29) is 13.2 Å². The fraction of sp³-hybridized carbons (Fsp3) is 0.435. The van der Waals surface area contributed by atoms with E-state index in [2.05, 4.69) is 10.3 Å². The van der Waals surface area contributed by atoms with Crippen LogP contribution in [0.2, 0.25) is 0 Å². The molecule has 1 aliphatic heterocycles. The normalized spacial score (nSPS) is 20.3. The number of nitrogens with zero attached hydrogens (tertiary/aromatic N) is 2.